The Hall–Kier alpha value is -1.79. The Morgan fingerprint density at radius 2 is 1.67 bits per heavy atom. The Bertz CT molecular complexity index is 649. The van der Waals surface area contributed by atoms with Crippen molar-refractivity contribution in [3.63, 3.8) is 0 Å². The molecule has 6 heteroatoms. The van der Waals surface area contributed by atoms with Crippen LogP contribution in [0, 0.1) is 6.92 Å². The summed E-state index contributed by atoms with van der Waals surface area (Å²) in [6.45, 7) is 4.04. The first-order valence-corrected chi connectivity index (χ1v) is 7.91. The highest BCUT2D eigenvalue weighted by Crippen LogP contribution is 2.42. The maximum Gasteiger partial charge on any atom is 0.424 e. The van der Waals surface area contributed by atoms with E-state index in [-0.39, 0.29) is 6.54 Å². The minimum atomic E-state index is -4.80. The molecule has 0 saturated carbocycles. The third kappa shape index (κ3) is 4.19. The van der Waals surface area contributed by atoms with Gasteiger partial charge in [0.2, 0.25) is 5.60 Å². The summed E-state index contributed by atoms with van der Waals surface area (Å²) in [6.07, 6.45) is -4.38. The molecular weight excluding hydrogens is 319 g/mol. The number of nitrogens with one attached hydrogen (secondary N) is 1. The molecular formula is C18H22F3NO2. The molecule has 1 heterocycles. The zero-order valence-corrected chi connectivity index (χ0v) is 13.8. The monoisotopic (exact) mass is 341 g/mol. The molecule has 132 valence electrons. The lowest BCUT2D eigenvalue weighted by Crippen LogP contribution is -2.44. The van der Waals surface area contributed by atoms with Crippen LogP contribution in [0.2, 0.25) is 0 Å². The van der Waals surface area contributed by atoms with E-state index in [1.165, 1.54) is 17.7 Å². The van der Waals surface area contributed by atoms with Crippen molar-refractivity contribution in [2.75, 3.05) is 6.54 Å². The highest BCUT2D eigenvalue weighted by Gasteiger charge is 2.56. The van der Waals surface area contributed by atoms with E-state index in [1.54, 1.807) is 6.92 Å². The Morgan fingerprint density at radius 1 is 1.04 bits per heavy atom. The van der Waals surface area contributed by atoms with Crippen LogP contribution in [-0.2, 0) is 18.6 Å². The molecule has 0 aliphatic heterocycles. The minimum absolute atomic E-state index is 0.00524. The second-order valence-corrected chi connectivity index (χ2v) is 5.87. The highest BCUT2D eigenvalue weighted by atomic mass is 19.4. The summed E-state index contributed by atoms with van der Waals surface area (Å²) in [5, 5.41) is 13.1. The summed E-state index contributed by atoms with van der Waals surface area (Å²) < 4.78 is 44.9. The lowest BCUT2D eigenvalue weighted by Gasteiger charge is -2.28. The predicted molar refractivity (Wildman–Crippen MR) is 85.5 cm³/mol. The maximum absolute atomic E-state index is 13.3. The summed E-state index contributed by atoms with van der Waals surface area (Å²) in [5.41, 5.74) is -0.796. The van der Waals surface area contributed by atoms with Crippen LogP contribution in [0.3, 0.4) is 0 Å². The van der Waals surface area contributed by atoms with Gasteiger partial charge in [-0.25, -0.2) is 0 Å². The summed E-state index contributed by atoms with van der Waals surface area (Å²) in [7, 11) is 0. The molecule has 0 saturated heterocycles. The van der Waals surface area contributed by atoms with Crippen LogP contribution in [0.1, 0.15) is 36.0 Å². The van der Waals surface area contributed by atoms with E-state index >= 15 is 0 Å². The molecule has 2 rings (SSSR count). The molecule has 0 radical (unpaired) electrons. The Morgan fingerprint density at radius 3 is 2.17 bits per heavy atom. The van der Waals surface area contributed by atoms with Crippen molar-refractivity contribution < 1.29 is 22.7 Å². The van der Waals surface area contributed by atoms with Gasteiger partial charge in [0.05, 0.1) is 0 Å². The van der Waals surface area contributed by atoms with E-state index in [9.17, 15) is 18.3 Å². The van der Waals surface area contributed by atoms with E-state index in [2.05, 4.69) is 12.2 Å². The van der Waals surface area contributed by atoms with Crippen LogP contribution in [0.4, 0.5) is 13.2 Å². The Balaban J connectivity index is 1.96. The first kappa shape index (κ1) is 18.5. The molecule has 2 N–H and O–H groups in total. The number of hydrogen-bond donors (Lipinski definition) is 2. The topological polar surface area (TPSA) is 45.4 Å². The van der Waals surface area contributed by atoms with Crippen molar-refractivity contribution in [2.24, 2.45) is 0 Å². The molecule has 0 bridgehead atoms. The van der Waals surface area contributed by atoms with E-state index in [0.717, 1.165) is 12.0 Å². The molecule has 2 aromatic rings. The SMILES string of the molecule is CCc1ccc(CNCC[C@@](O)(c2ccc(C)o2)C(F)(F)F)cc1. The number of aryl methyl sites for hydroxylation is 2. The first-order chi connectivity index (χ1) is 11.3. The van der Waals surface area contributed by atoms with Crippen molar-refractivity contribution in [1.82, 2.24) is 5.32 Å². The fourth-order valence-corrected chi connectivity index (χ4v) is 2.46. The third-order valence-electron chi connectivity index (χ3n) is 4.04. The van der Waals surface area contributed by atoms with Gasteiger partial charge in [0.15, 0.2) is 0 Å². The highest BCUT2D eigenvalue weighted by molar-refractivity contribution is 5.22. The van der Waals surface area contributed by atoms with E-state index in [1.807, 2.05) is 24.3 Å². The van der Waals surface area contributed by atoms with Crippen molar-refractivity contribution in [2.45, 2.75) is 45.0 Å². The number of halogens is 3. The molecule has 0 spiro atoms. The number of hydrogen-bond acceptors (Lipinski definition) is 3. The van der Waals surface area contributed by atoms with Gasteiger partial charge < -0.3 is 14.8 Å². The summed E-state index contributed by atoms with van der Waals surface area (Å²) in [6, 6.07) is 10.5. The second-order valence-electron chi connectivity index (χ2n) is 5.87. The van der Waals surface area contributed by atoms with Crippen LogP contribution >= 0.6 is 0 Å². The maximum atomic E-state index is 13.3. The minimum Gasteiger partial charge on any atom is -0.463 e. The van der Waals surface area contributed by atoms with Gasteiger partial charge in [-0.05, 0) is 43.1 Å². The third-order valence-corrected chi connectivity index (χ3v) is 4.04. The van der Waals surface area contributed by atoms with E-state index < -0.39 is 24.0 Å². The van der Waals surface area contributed by atoms with Crippen LogP contribution < -0.4 is 5.32 Å². The summed E-state index contributed by atoms with van der Waals surface area (Å²) in [5.74, 6) is -0.141. The molecule has 0 aliphatic rings. The summed E-state index contributed by atoms with van der Waals surface area (Å²) >= 11 is 0. The van der Waals surface area contributed by atoms with Crippen LogP contribution in [-0.4, -0.2) is 17.8 Å². The largest absolute Gasteiger partial charge is 0.463 e. The fourth-order valence-electron chi connectivity index (χ4n) is 2.46. The Kier molecular flexibility index (Phi) is 5.72. The molecule has 1 aromatic carbocycles. The lowest BCUT2D eigenvalue weighted by molar-refractivity contribution is -0.274. The van der Waals surface area contributed by atoms with Crippen LogP contribution in [0.25, 0.3) is 0 Å². The number of rotatable bonds is 7. The zero-order valence-electron chi connectivity index (χ0n) is 13.8. The van der Waals surface area contributed by atoms with Crippen LogP contribution in [0.15, 0.2) is 40.8 Å². The normalized spacial score (nSPS) is 14.6. The molecule has 1 atom stereocenters. The Labute approximate surface area is 139 Å². The number of alkyl halides is 3. The van der Waals surface area contributed by atoms with Crippen LogP contribution in [0.5, 0.6) is 0 Å². The molecule has 3 nitrogen and oxygen atoms in total. The van der Waals surface area contributed by atoms with Crippen molar-refractivity contribution >= 4 is 0 Å². The van der Waals surface area contributed by atoms with Gasteiger partial charge in [0.1, 0.15) is 11.5 Å². The molecule has 0 aliphatic carbocycles. The van der Waals surface area contributed by atoms with E-state index in [4.69, 9.17) is 4.42 Å². The summed E-state index contributed by atoms with van der Waals surface area (Å²) in [4.78, 5) is 0. The van der Waals surface area contributed by atoms with Crippen molar-refractivity contribution in [1.29, 1.82) is 0 Å². The molecule has 0 unspecified atom stereocenters. The van der Waals surface area contributed by atoms with Gasteiger partial charge in [0.25, 0.3) is 0 Å². The number of furan rings is 1. The lowest BCUT2D eigenvalue weighted by atomic mass is 9.95. The predicted octanol–water partition coefficient (Wildman–Crippen LogP) is 4.08. The van der Waals surface area contributed by atoms with Crippen molar-refractivity contribution in [3.8, 4) is 0 Å². The van der Waals surface area contributed by atoms with Gasteiger partial charge in [-0.15, -0.1) is 0 Å². The van der Waals surface area contributed by atoms with Crippen molar-refractivity contribution in [3.05, 3.63) is 59.0 Å². The molecule has 0 amide bonds. The van der Waals surface area contributed by atoms with Gasteiger partial charge >= 0.3 is 6.18 Å². The van der Waals surface area contributed by atoms with Gasteiger partial charge in [-0.1, -0.05) is 31.2 Å². The molecule has 24 heavy (non-hydrogen) atoms. The fraction of sp³-hybridized carbons (Fsp3) is 0.444. The smallest absolute Gasteiger partial charge is 0.424 e. The number of benzene rings is 1. The zero-order chi connectivity index (χ0) is 17.8. The quantitative estimate of drug-likeness (QED) is 0.746. The average Bonchev–Trinajstić information content (AvgIpc) is 2.98. The number of aliphatic hydroxyl groups is 1. The molecule has 0 fully saturated rings. The second kappa shape index (κ2) is 7.40. The average molecular weight is 341 g/mol. The first-order valence-electron chi connectivity index (χ1n) is 7.91. The van der Waals surface area contributed by atoms with Gasteiger partial charge in [-0.3, -0.25) is 0 Å². The van der Waals surface area contributed by atoms with Gasteiger partial charge in [-0.2, -0.15) is 13.2 Å². The van der Waals surface area contributed by atoms with E-state index in [0.29, 0.717) is 12.3 Å². The standard InChI is InChI=1S/C18H22F3NO2/c1-3-14-5-7-15(8-6-14)12-22-11-10-17(23,18(19,20)21)16-9-4-13(2)24-16/h4-9,22-23H,3,10-12H2,1-2H3/t17-/m1/s1. The molecule has 1 aromatic heterocycles. The van der Waals surface area contributed by atoms with Gasteiger partial charge in [0, 0.05) is 13.0 Å².